The molecule has 0 unspecified atom stereocenters. The van der Waals surface area contributed by atoms with E-state index in [0.29, 0.717) is 24.5 Å². The SMILES string of the molecule is CCNCc1nnc(NC2CCSCC2)o1. The van der Waals surface area contributed by atoms with Crippen molar-refractivity contribution in [2.75, 3.05) is 23.4 Å². The third-order valence-corrected chi connectivity index (χ3v) is 3.59. The Kier molecular flexibility index (Phi) is 4.47. The van der Waals surface area contributed by atoms with Gasteiger partial charge in [0.1, 0.15) is 0 Å². The molecule has 1 aromatic heterocycles. The molecule has 1 saturated heterocycles. The van der Waals surface area contributed by atoms with E-state index < -0.39 is 0 Å². The van der Waals surface area contributed by atoms with Gasteiger partial charge in [-0.25, -0.2) is 0 Å². The second-order valence-electron chi connectivity index (χ2n) is 3.81. The van der Waals surface area contributed by atoms with Crippen molar-refractivity contribution < 1.29 is 4.42 Å². The Balaban J connectivity index is 1.81. The van der Waals surface area contributed by atoms with Crippen LogP contribution < -0.4 is 10.6 Å². The summed E-state index contributed by atoms with van der Waals surface area (Å²) in [7, 11) is 0. The van der Waals surface area contributed by atoms with Crippen molar-refractivity contribution in [3.05, 3.63) is 5.89 Å². The predicted octanol–water partition coefficient (Wildman–Crippen LogP) is 1.49. The molecule has 1 aliphatic heterocycles. The molecule has 1 aromatic rings. The number of nitrogens with zero attached hydrogens (tertiary/aromatic N) is 2. The number of hydrogen-bond acceptors (Lipinski definition) is 6. The van der Waals surface area contributed by atoms with Crippen molar-refractivity contribution in [2.45, 2.75) is 32.4 Å². The standard InChI is InChI=1S/C10H18N4OS/c1-2-11-7-9-13-14-10(15-9)12-8-3-5-16-6-4-8/h8,11H,2-7H2,1H3,(H,12,14). The highest BCUT2D eigenvalue weighted by Crippen LogP contribution is 2.20. The molecule has 0 radical (unpaired) electrons. The number of nitrogens with one attached hydrogen (secondary N) is 2. The number of anilines is 1. The molecular formula is C10H18N4OS. The highest BCUT2D eigenvalue weighted by Gasteiger charge is 2.15. The zero-order chi connectivity index (χ0) is 11.2. The molecule has 0 amide bonds. The molecule has 5 nitrogen and oxygen atoms in total. The molecule has 6 heteroatoms. The summed E-state index contributed by atoms with van der Waals surface area (Å²) in [4.78, 5) is 0. The van der Waals surface area contributed by atoms with Crippen molar-refractivity contribution in [1.29, 1.82) is 0 Å². The van der Waals surface area contributed by atoms with E-state index in [1.54, 1.807) is 0 Å². The summed E-state index contributed by atoms with van der Waals surface area (Å²) in [6, 6.07) is 1.05. The monoisotopic (exact) mass is 242 g/mol. The Morgan fingerprint density at radius 3 is 2.94 bits per heavy atom. The third-order valence-electron chi connectivity index (χ3n) is 2.54. The number of aromatic nitrogens is 2. The van der Waals surface area contributed by atoms with Gasteiger partial charge in [0.2, 0.25) is 5.89 Å². The van der Waals surface area contributed by atoms with Gasteiger partial charge >= 0.3 is 6.01 Å². The van der Waals surface area contributed by atoms with E-state index in [2.05, 4.69) is 27.8 Å². The van der Waals surface area contributed by atoms with Crippen molar-refractivity contribution in [3.63, 3.8) is 0 Å². The van der Waals surface area contributed by atoms with Gasteiger partial charge in [0.05, 0.1) is 6.54 Å². The molecule has 90 valence electrons. The van der Waals surface area contributed by atoms with E-state index in [-0.39, 0.29) is 0 Å². The maximum Gasteiger partial charge on any atom is 0.315 e. The van der Waals surface area contributed by atoms with Crippen LogP contribution in [0.5, 0.6) is 0 Å². The topological polar surface area (TPSA) is 63.0 Å². The molecule has 0 spiro atoms. The zero-order valence-corrected chi connectivity index (χ0v) is 10.3. The van der Waals surface area contributed by atoms with Crippen molar-refractivity contribution >= 4 is 17.8 Å². The Bertz CT molecular complexity index is 312. The summed E-state index contributed by atoms with van der Waals surface area (Å²) < 4.78 is 5.49. The van der Waals surface area contributed by atoms with Crippen LogP contribution in [0, 0.1) is 0 Å². The third kappa shape index (κ3) is 3.38. The quantitative estimate of drug-likeness (QED) is 0.815. The van der Waals surface area contributed by atoms with Crippen molar-refractivity contribution in [1.82, 2.24) is 15.5 Å². The van der Waals surface area contributed by atoms with E-state index in [1.165, 1.54) is 24.3 Å². The number of rotatable bonds is 5. The van der Waals surface area contributed by atoms with Gasteiger partial charge in [-0.3, -0.25) is 0 Å². The predicted molar refractivity (Wildman–Crippen MR) is 65.6 cm³/mol. The Hall–Kier alpha value is -0.750. The maximum absolute atomic E-state index is 5.49. The van der Waals surface area contributed by atoms with Crippen LogP contribution in [0.3, 0.4) is 0 Å². The number of hydrogen-bond donors (Lipinski definition) is 2. The lowest BCUT2D eigenvalue weighted by Gasteiger charge is -2.21. The first-order valence-electron chi connectivity index (χ1n) is 5.76. The average Bonchev–Trinajstić information content (AvgIpc) is 2.75. The summed E-state index contributed by atoms with van der Waals surface area (Å²) in [6.45, 7) is 3.60. The van der Waals surface area contributed by atoms with Gasteiger partial charge in [0.25, 0.3) is 0 Å². The lowest BCUT2D eigenvalue weighted by molar-refractivity contribution is 0.474. The fourth-order valence-electron chi connectivity index (χ4n) is 1.63. The molecule has 0 saturated carbocycles. The van der Waals surface area contributed by atoms with Crippen LogP contribution in [0.2, 0.25) is 0 Å². The summed E-state index contributed by atoms with van der Waals surface area (Å²) >= 11 is 2.01. The van der Waals surface area contributed by atoms with Crippen molar-refractivity contribution in [2.24, 2.45) is 0 Å². The first-order chi connectivity index (χ1) is 7.88. The van der Waals surface area contributed by atoms with Crippen molar-refractivity contribution in [3.8, 4) is 0 Å². The zero-order valence-electron chi connectivity index (χ0n) is 9.53. The van der Waals surface area contributed by atoms with E-state index in [0.717, 1.165) is 6.54 Å². The second-order valence-corrected chi connectivity index (χ2v) is 5.04. The summed E-state index contributed by atoms with van der Waals surface area (Å²) in [5, 5.41) is 14.4. The maximum atomic E-state index is 5.49. The van der Waals surface area contributed by atoms with Gasteiger partial charge in [0, 0.05) is 6.04 Å². The van der Waals surface area contributed by atoms with E-state index in [1.807, 2.05) is 11.8 Å². The minimum atomic E-state index is 0.494. The van der Waals surface area contributed by atoms with E-state index >= 15 is 0 Å². The first-order valence-corrected chi connectivity index (χ1v) is 6.91. The van der Waals surface area contributed by atoms with E-state index in [4.69, 9.17) is 4.42 Å². The first kappa shape index (κ1) is 11.7. The largest absolute Gasteiger partial charge is 0.407 e. The van der Waals surface area contributed by atoms with Gasteiger partial charge < -0.3 is 15.1 Å². The lowest BCUT2D eigenvalue weighted by atomic mass is 10.2. The Labute approximate surface area is 99.8 Å². The summed E-state index contributed by atoms with van der Waals surface area (Å²) in [6.07, 6.45) is 2.35. The normalized spacial score (nSPS) is 17.6. The highest BCUT2D eigenvalue weighted by molar-refractivity contribution is 7.99. The molecule has 0 atom stereocenters. The van der Waals surface area contributed by atoms with Crippen LogP contribution in [-0.2, 0) is 6.54 Å². The minimum Gasteiger partial charge on any atom is -0.407 e. The number of thioether (sulfide) groups is 1. The molecular weight excluding hydrogens is 224 g/mol. The van der Waals surface area contributed by atoms with Gasteiger partial charge in [-0.1, -0.05) is 12.0 Å². The molecule has 0 bridgehead atoms. The fourth-order valence-corrected chi connectivity index (χ4v) is 2.74. The minimum absolute atomic E-state index is 0.494. The van der Waals surface area contributed by atoms with Gasteiger partial charge in [-0.15, -0.1) is 5.10 Å². The van der Waals surface area contributed by atoms with Crippen LogP contribution in [0.15, 0.2) is 4.42 Å². The molecule has 2 heterocycles. The average molecular weight is 242 g/mol. The van der Waals surface area contributed by atoms with Crippen LogP contribution in [-0.4, -0.2) is 34.3 Å². The van der Waals surface area contributed by atoms with Gasteiger partial charge in [-0.2, -0.15) is 11.8 Å². The molecule has 0 aliphatic carbocycles. The van der Waals surface area contributed by atoms with Gasteiger partial charge in [-0.05, 0) is 30.9 Å². The second kappa shape index (κ2) is 6.10. The fraction of sp³-hybridized carbons (Fsp3) is 0.800. The molecule has 2 N–H and O–H groups in total. The molecule has 0 aromatic carbocycles. The molecule has 2 rings (SSSR count). The highest BCUT2D eigenvalue weighted by atomic mass is 32.2. The summed E-state index contributed by atoms with van der Waals surface area (Å²) in [5.74, 6) is 3.08. The van der Waals surface area contributed by atoms with Crippen LogP contribution >= 0.6 is 11.8 Å². The van der Waals surface area contributed by atoms with Crippen LogP contribution in [0.25, 0.3) is 0 Å². The van der Waals surface area contributed by atoms with Crippen LogP contribution in [0.4, 0.5) is 6.01 Å². The Morgan fingerprint density at radius 2 is 2.19 bits per heavy atom. The van der Waals surface area contributed by atoms with Gasteiger partial charge in [0.15, 0.2) is 0 Å². The summed E-state index contributed by atoms with van der Waals surface area (Å²) in [5.41, 5.74) is 0. The Morgan fingerprint density at radius 1 is 1.38 bits per heavy atom. The molecule has 1 aliphatic rings. The molecule has 16 heavy (non-hydrogen) atoms. The smallest absolute Gasteiger partial charge is 0.315 e. The lowest BCUT2D eigenvalue weighted by Crippen LogP contribution is -2.24. The van der Waals surface area contributed by atoms with Crippen LogP contribution in [0.1, 0.15) is 25.7 Å². The molecule has 1 fully saturated rings. The van der Waals surface area contributed by atoms with E-state index in [9.17, 15) is 0 Å².